The van der Waals surface area contributed by atoms with Crippen molar-refractivity contribution in [3.63, 3.8) is 0 Å². The largest absolute Gasteiger partial charge is 0.598 e. The molecule has 216 valence electrons. The van der Waals surface area contributed by atoms with Crippen molar-refractivity contribution < 1.29 is 22.5 Å². The van der Waals surface area contributed by atoms with Crippen LogP contribution in [0.2, 0.25) is 25.7 Å². The van der Waals surface area contributed by atoms with Gasteiger partial charge in [0.25, 0.3) is 0 Å². The highest BCUT2D eigenvalue weighted by Gasteiger charge is 2.48. The first kappa shape index (κ1) is 31.4. The van der Waals surface area contributed by atoms with Gasteiger partial charge in [-0.1, -0.05) is 39.6 Å². The molecule has 0 bridgehead atoms. The fraction of sp³-hybridized carbons (Fsp3) is 0.741. The Labute approximate surface area is 229 Å². The number of imidazole rings is 1. The van der Waals surface area contributed by atoms with Crippen LogP contribution in [0.15, 0.2) is 18.2 Å². The van der Waals surface area contributed by atoms with Gasteiger partial charge in [-0.15, -0.1) is 4.72 Å². The van der Waals surface area contributed by atoms with Gasteiger partial charge in [-0.2, -0.15) is 0 Å². The van der Waals surface area contributed by atoms with E-state index in [1.165, 1.54) is 13.8 Å². The summed E-state index contributed by atoms with van der Waals surface area (Å²) in [4.78, 5) is 4.75. The fourth-order valence-electron chi connectivity index (χ4n) is 4.09. The van der Waals surface area contributed by atoms with Crippen LogP contribution in [0.25, 0.3) is 11.0 Å². The Morgan fingerprint density at radius 3 is 2.34 bits per heavy atom. The first-order valence-corrected chi connectivity index (χ1v) is 18.2. The normalized spacial score (nSPS) is 18.7. The van der Waals surface area contributed by atoms with Crippen LogP contribution < -0.4 is 10.5 Å². The Morgan fingerprint density at radius 2 is 1.82 bits per heavy atom. The number of nitrogens with two attached hydrogens (primary N) is 1. The van der Waals surface area contributed by atoms with Crippen LogP contribution in [0.1, 0.15) is 70.9 Å². The van der Waals surface area contributed by atoms with Gasteiger partial charge in [0.05, 0.1) is 16.4 Å². The highest BCUT2D eigenvalue weighted by molar-refractivity contribution is 7.90. The maximum atomic E-state index is 16.1. The summed E-state index contributed by atoms with van der Waals surface area (Å²) in [5.41, 5.74) is 6.63. The Morgan fingerprint density at radius 1 is 1.18 bits per heavy atom. The number of hydrogen-bond acceptors (Lipinski definition) is 5. The number of benzene rings is 1. The van der Waals surface area contributed by atoms with Crippen LogP contribution in [0.4, 0.5) is 13.2 Å². The molecule has 1 aliphatic carbocycles. The molecule has 1 aliphatic rings. The highest BCUT2D eigenvalue weighted by Crippen LogP contribution is 2.42. The lowest BCUT2D eigenvalue weighted by atomic mass is 9.84. The molecule has 4 atom stereocenters. The van der Waals surface area contributed by atoms with Gasteiger partial charge < -0.3 is 19.6 Å². The van der Waals surface area contributed by atoms with Crippen molar-refractivity contribution in [3.05, 3.63) is 29.6 Å². The molecule has 1 saturated carbocycles. The third-order valence-electron chi connectivity index (χ3n) is 7.17. The quantitative estimate of drug-likeness (QED) is 0.162. The Balaban J connectivity index is 2.09. The molecule has 0 amide bonds. The summed E-state index contributed by atoms with van der Waals surface area (Å²) < 4.78 is 67.1. The Bertz CT molecular complexity index is 1080. The SMILES string of the molecule is CC(C)(C(F)F)C(F)[C@@H](N[S+]([O-])C(C)(C)C)c1nc2cc([C@H](N)C3CC3)ccc2n1COCC[Si](C)(C)C. The van der Waals surface area contributed by atoms with Gasteiger partial charge in [0.1, 0.15) is 29.5 Å². The van der Waals surface area contributed by atoms with Crippen LogP contribution in [-0.4, -0.2) is 46.1 Å². The zero-order valence-corrected chi connectivity index (χ0v) is 25.8. The van der Waals surface area contributed by atoms with E-state index in [9.17, 15) is 13.3 Å². The van der Waals surface area contributed by atoms with Crippen molar-refractivity contribution in [2.24, 2.45) is 17.1 Å². The van der Waals surface area contributed by atoms with E-state index in [2.05, 4.69) is 24.4 Å². The molecule has 6 nitrogen and oxygen atoms in total. The summed E-state index contributed by atoms with van der Waals surface area (Å²) in [5.74, 6) is 0.619. The first-order chi connectivity index (χ1) is 17.4. The van der Waals surface area contributed by atoms with Gasteiger partial charge >= 0.3 is 0 Å². The molecule has 1 fully saturated rings. The third kappa shape index (κ3) is 7.54. The number of hydrogen-bond donors (Lipinski definition) is 2. The standard InChI is InChI=1S/C27H45F3N4O2SSi/c1-26(2,3)37(35)33-22(23(28)27(4,5)25(29)30)24-32-19-15-18(21(31)17-9-10-17)11-12-20(19)34(24)16-36-13-14-38(6,7)8/h11-12,15,17,21-23,25,33H,9-10,13-14,16,31H2,1-8H3/t21-,22-,23?,37?/m1/s1. The molecular formula is C27H45F3N4O2SSi. The Hall–Kier alpha value is -1.11. The predicted octanol–water partition coefficient (Wildman–Crippen LogP) is 6.48. The summed E-state index contributed by atoms with van der Waals surface area (Å²) in [5, 5.41) is 0. The van der Waals surface area contributed by atoms with Crippen LogP contribution in [0, 0.1) is 11.3 Å². The van der Waals surface area contributed by atoms with E-state index in [4.69, 9.17) is 15.5 Å². The van der Waals surface area contributed by atoms with Crippen molar-refractivity contribution in [3.8, 4) is 0 Å². The lowest BCUT2D eigenvalue weighted by Crippen LogP contribution is -2.49. The summed E-state index contributed by atoms with van der Waals surface area (Å²) in [6.07, 6.45) is -2.85. The van der Waals surface area contributed by atoms with Crippen molar-refractivity contribution in [2.45, 2.75) is 109 Å². The van der Waals surface area contributed by atoms with E-state index in [0.717, 1.165) is 24.4 Å². The highest BCUT2D eigenvalue weighted by atomic mass is 32.2. The number of aromatic nitrogens is 2. The second kappa shape index (κ2) is 11.8. The van der Waals surface area contributed by atoms with E-state index in [0.29, 0.717) is 23.6 Å². The van der Waals surface area contributed by atoms with Crippen molar-refractivity contribution in [1.82, 2.24) is 14.3 Å². The summed E-state index contributed by atoms with van der Waals surface area (Å²) >= 11 is -1.74. The molecule has 0 aliphatic heterocycles. The van der Waals surface area contributed by atoms with Gasteiger partial charge in [-0.05, 0) is 63.3 Å². The van der Waals surface area contributed by atoms with E-state index < -0.39 is 48.2 Å². The smallest absolute Gasteiger partial charge is 0.246 e. The lowest BCUT2D eigenvalue weighted by Gasteiger charge is -2.35. The zero-order chi connectivity index (χ0) is 28.6. The fourth-order valence-corrected chi connectivity index (χ4v) is 5.66. The van der Waals surface area contributed by atoms with Gasteiger partial charge in [-0.25, -0.2) is 18.2 Å². The van der Waals surface area contributed by atoms with Crippen molar-refractivity contribution in [1.29, 1.82) is 0 Å². The molecule has 0 saturated heterocycles. The predicted molar refractivity (Wildman–Crippen MR) is 152 cm³/mol. The van der Waals surface area contributed by atoms with Crippen LogP contribution >= 0.6 is 0 Å². The molecule has 1 aromatic heterocycles. The second-order valence-corrected chi connectivity index (χ2v) is 21.0. The van der Waals surface area contributed by atoms with Gasteiger partial charge in [-0.3, -0.25) is 0 Å². The van der Waals surface area contributed by atoms with Crippen LogP contribution in [-0.2, 0) is 22.8 Å². The van der Waals surface area contributed by atoms with Crippen molar-refractivity contribution in [2.75, 3.05) is 6.61 Å². The van der Waals surface area contributed by atoms with Gasteiger partial charge in [0.2, 0.25) is 6.43 Å². The maximum absolute atomic E-state index is 16.1. The molecule has 3 N–H and O–H groups in total. The maximum Gasteiger partial charge on any atom is 0.246 e. The molecule has 0 spiro atoms. The third-order valence-corrected chi connectivity index (χ3v) is 10.5. The second-order valence-electron chi connectivity index (χ2n) is 13.4. The molecule has 38 heavy (non-hydrogen) atoms. The molecule has 0 radical (unpaired) electrons. The number of ether oxygens (including phenoxy) is 1. The number of halogens is 3. The average Bonchev–Trinajstić information content (AvgIpc) is 3.59. The average molecular weight is 575 g/mol. The van der Waals surface area contributed by atoms with Crippen LogP contribution in [0.5, 0.6) is 0 Å². The van der Waals surface area contributed by atoms with E-state index >= 15 is 4.39 Å². The summed E-state index contributed by atoms with van der Waals surface area (Å²) in [6.45, 7) is 14.9. The zero-order valence-electron chi connectivity index (χ0n) is 24.0. The Kier molecular flexibility index (Phi) is 9.74. The lowest BCUT2D eigenvalue weighted by molar-refractivity contribution is -0.0462. The van der Waals surface area contributed by atoms with Gasteiger partial charge in [0.15, 0.2) is 0 Å². The van der Waals surface area contributed by atoms with E-state index in [1.807, 2.05) is 18.2 Å². The topological polar surface area (TPSA) is 88.2 Å². The number of nitrogens with one attached hydrogen (secondary N) is 1. The molecular weight excluding hydrogens is 529 g/mol. The number of rotatable bonds is 13. The molecule has 1 heterocycles. The molecule has 1 aromatic carbocycles. The first-order valence-electron chi connectivity index (χ1n) is 13.4. The monoisotopic (exact) mass is 574 g/mol. The number of alkyl halides is 3. The minimum atomic E-state index is -2.93. The van der Waals surface area contributed by atoms with Crippen molar-refractivity contribution >= 4 is 30.5 Å². The molecule has 3 rings (SSSR count). The molecule has 11 heteroatoms. The van der Waals surface area contributed by atoms with E-state index in [-0.39, 0.29) is 18.6 Å². The molecule has 2 unspecified atom stereocenters. The van der Waals surface area contributed by atoms with Crippen LogP contribution in [0.3, 0.4) is 0 Å². The minimum absolute atomic E-state index is 0.0759. The van der Waals surface area contributed by atoms with E-state index in [1.54, 1.807) is 25.3 Å². The molecule has 2 aromatic rings. The summed E-state index contributed by atoms with van der Waals surface area (Å²) in [6, 6.07) is 5.19. The van der Waals surface area contributed by atoms with Gasteiger partial charge in [0, 0.05) is 32.1 Å². The number of fused-ring (bicyclic) bond motifs is 1. The minimum Gasteiger partial charge on any atom is -0.598 e. The summed E-state index contributed by atoms with van der Waals surface area (Å²) in [7, 11) is -1.35. The number of nitrogens with zero attached hydrogens (tertiary/aromatic N) is 2.